The second-order valence-corrected chi connectivity index (χ2v) is 4.48. The maximum absolute atomic E-state index is 9.03. The maximum Gasteiger partial charge on any atom is 0.112 e. The number of nitrogens with zero attached hydrogens (tertiary/aromatic N) is 2. The Morgan fingerprint density at radius 2 is 2.19 bits per heavy atom. The normalized spacial score (nSPS) is 11.6. The van der Waals surface area contributed by atoms with Crippen molar-refractivity contribution < 1.29 is 5.11 Å². The van der Waals surface area contributed by atoms with Gasteiger partial charge in [0.15, 0.2) is 0 Å². The minimum atomic E-state index is 0.105. The molecule has 0 saturated carbocycles. The quantitative estimate of drug-likeness (QED) is 0.893. The summed E-state index contributed by atoms with van der Waals surface area (Å²) in [5.41, 5.74) is 1.85. The summed E-state index contributed by atoms with van der Waals surface area (Å²) in [5, 5.41) is 9.70. The van der Waals surface area contributed by atoms with Crippen molar-refractivity contribution in [2.24, 2.45) is 0 Å². The Morgan fingerprint density at radius 3 is 2.81 bits per heavy atom. The highest BCUT2D eigenvalue weighted by atomic mass is 35.5. The maximum atomic E-state index is 9.03. The molecular weight excluding hydrogens is 224 g/mol. The van der Waals surface area contributed by atoms with Gasteiger partial charge in [-0.3, -0.25) is 0 Å². The van der Waals surface area contributed by atoms with Crippen molar-refractivity contribution in [3.05, 3.63) is 29.0 Å². The number of fused-ring (bicyclic) bond motifs is 1. The largest absolute Gasteiger partial charge is 0.396 e. The zero-order chi connectivity index (χ0) is 11.7. The van der Waals surface area contributed by atoms with Crippen molar-refractivity contribution in [3.63, 3.8) is 0 Å². The van der Waals surface area contributed by atoms with Crippen LogP contribution in [-0.4, -0.2) is 21.3 Å². The molecule has 1 heterocycles. The SMILES string of the molecule is CC(C)n1c(CCO)nc2c(Cl)cccc21. The van der Waals surface area contributed by atoms with Crippen molar-refractivity contribution in [2.75, 3.05) is 6.61 Å². The smallest absolute Gasteiger partial charge is 0.112 e. The second kappa shape index (κ2) is 4.44. The number of hydrogen-bond donors (Lipinski definition) is 1. The lowest BCUT2D eigenvalue weighted by Crippen LogP contribution is -2.07. The van der Waals surface area contributed by atoms with E-state index in [-0.39, 0.29) is 6.61 Å². The van der Waals surface area contributed by atoms with Crippen LogP contribution < -0.4 is 0 Å². The fourth-order valence-electron chi connectivity index (χ4n) is 1.98. The molecule has 2 aromatic rings. The molecule has 3 nitrogen and oxygen atoms in total. The Hall–Kier alpha value is -1.06. The van der Waals surface area contributed by atoms with E-state index < -0.39 is 0 Å². The van der Waals surface area contributed by atoms with Gasteiger partial charge in [-0.15, -0.1) is 0 Å². The number of aliphatic hydroxyl groups is 1. The van der Waals surface area contributed by atoms with Gasteiger partial charge in [0.25, 0.3) is 0 Å². The van der Waals surface area contributed by atoms with Crippen LogP contribution in [0.4, 0.5) is 0 Å². The van der Waals surface area contributed by atoms with E-state index in [1.807, 2.05) is 18.2 Å². The predicted octanol–water partition coefficient (Wildman–Crippen LogP) is 2.81. The monoisotopic (exact) mass is 238 g/mol. The number of imidazole rings is 1. The van der Waals surface area contributed by atoms with E-state index in [1.165, 1.54) is 0 Å². The van der Waals surface area contributed by atoms with Crippen LogP contribution in [0.15, 0.2) is 18.2 Å². The topological polar surface area (TPSA) is 38.0 Å². The van der Waals surface area contributed by atoms with E-state index in [0.29, 0.717) is 17.5 Å². The molecule has 0 aliphatic carbocycles. The average Bonchev–Trinajstić information content (AvgIpc) is 2.58. The summed E-state index contributed by atoms with van der Waals surface area (Å²) < 4.78 is 2.12. The van der Waals surface area contributed by atoms with Crippen LogP contribution in [0.2, 0.25) is 5.02 Å². The molecule has 0 aliphatic rings. The molecule has 2 rings (SSSR count). The first kappa shape index (κ1) is 11.4. The molecule has 0 unspecified atom stereocenters. The third-order valence-corrected chi connectivity index (χ3v) is 2.90. The molecule has 0 saturated heterocycles. The summed E-state index contributed by atoms with van der Waals surface area (Å²) in [6, 6.07) is 6.08. The molecule has 1 aromatic heterocycles. The van der Waals surface area contributed by atoms with Gasteiger partial charge < -0.3 is 9.67 Å². The molecule has 4 heteroatoms. The molecular formula is C12H15ClN2O. The summed E-state index contributed by atoms with van der Waals surface area (Å²) >= 11 is 6.11. The van der Waals surface area contributed by atoms with Crippen LogP contribution in [0.3, 0.4) is 0 Å². The van der Waals surface area contributed by atoms with Crippen molar-refractivity contribution in [2.45, 2.75) is 26.3 Å². The number of benzene rings is 1. The summed E-state index contributed by atoms with van der Waals surface area (Å²) in [6.45, 7) is 4.31. The van der Waals surface area contributed by atoms with E-state index >= 15 is 0 Å². The van der Waals surface area contributed by atoms with Crippen LogP contribution in [0, 0.1) is 0 Å². The number of halogens is 1. The molecule has 0 radical (unpaired) electrons. The van der Waals surface area contributed by atoms with E-state index in [1.54, 1.807) is 0 Å². The van der Waals surface area contributed by atoms with Gasteiger partial charge in [-0.25, -0.2) is 4.98 Å². The fraction of sp³-hybridized carbons (Fsp3) is 0.417. The summed E-state index contributed by atoms with van der Waals surface area (Å²) in [7, 11) is 0. The molecule has 0 fully saturated rings. The Morgan fingerprint density at radius 1 is 1.44 bits per heavy atom. The van der Waals surface area contributed by atoms with Crippen LogP contribution in [0.25, 0.3) is 11.0 Å². The molecule has 16 heavy (non-hydrogen) atoms. The number of aromatic nitrogens is 2. The minimum Gasteiger partial charge on any atom is -0.396 e. The zero-order valence-corrected chi connectivity index (χ0v) is 10.2. The zero-order valence-electron chi connectivity index (χ0n) is 9.44. The van der Waals surface area contributed by atoms with E-state index in [0.717, 1.165) is 16.9 Å². The van der Waals surface area contributed by atoms with E-state index in [9.17, 15) is 0 Å². The van der Waals surface area contributed by atoms with E-state index in [2.05, 4.69) is 23.4 Å². The Labute approximate surface area is 99.7 Å². The fourth-order valence-corrected chi connectivity index (χ4v) is 2.20. The van der Waals surface area contributed by atoms with Crippen molar-refractivity contribution in [3.8, 4) is 0 Å². The van der Waals surface area contributed by atoms with Gasteiger partial charge >= 0.3 is 0 Å². The molecule has 0 spiro atoms. The molecule has 0 atom stereocenters. The highest BCUT2D eigenvalue weighted by Crippen LogP contribution is 2.26. The van der Waals surface area contributed by atoms with Crippen molar-refractivity contribution in [1.29, 1.82) is 0 Å². The summed E-state index contributed by atoms with van der Waals surface area (Å²) in [5.74, 6) is 0.889. The van der Waals surface area contributed by atoms with Crippen molar-refractivity contribution >= 4 is 22.6 Å². The first-order valence-electron chi connectivity index (χ1n) is 5.41. The molecule has 1 aromatic carbocycles. The lowest BCUT2D eigenvalue weighted by Gasteiger charge is -2.12. The Kier molecular flexibility index (Phi) is 3.17. The van der Waals surface area contributed by atoms with Crippen LogP contribution in [0.5, 0.6) is 0 Å². The van der Waals surface area contributed by atoms with Crippen LogP contribution in [0.1, 0.15) is 25.7 Å². The number of rotatable bonds is 3. The molecule has 0 bridgehead atoms. The Balaban J connectivity index is 2.70. The minimum absolute atomic E-state index is 0.105. The first-order chi connectivity index (χ1) is 7.65. The number of para-hydroxylation sites is 1. The third kappa shape index (κ3) is 1.81. The van der Waals surface area contributed by atoms with Crippen molar-refractivity contribution in [1.82, 2.24) is 9.55 Å². The number of aliphatic hydroxyl groups excluding tert-OH is 1. The predicted molar refractivity (Wildman–Crippen MR) is 65.9 cm³/mol. The average molecular weight is 239 g/mol. The van der Waals surface area contributed by atoms with Gasteiger partial charge in [-0.1, -0.05) is 17.7 Å². The van der Waals surface area contributed by atoms with Gasteiger partial charge in [0, 0.05) is 12.5 Å². The number of hydrogen-bond acceptors (Lipinski definition) is 2. The molecule has 0 aliphatic heterocycles. The summed E-state index contributed by atoms with van der Waals surface area (Å²) in [6.07, 6.45) is 0.559. The van der Waals surface area contributed by atoms with Gasteiger partial charge in [0.05, 0.1) is 17.1 Å². The van der Waals surface area contributed by atoms with Gasteiger partial charge in [-0.05, 0) is 26.0 Å². The lowest BCUT2D eigenvalue weighted by atomic mass is 10.3. The van der Waals surface area contributed by atoms with Gasteiger partial charge in [0.2, 0.25) is 0 Å². The highest BCUT2D eigenvalue weighted by molar-refractivity contribution is 6.34. The molecule has 0 amide bonds. The van der Waals surface area contributed by atoms with Gasteiger partial charge in [0.1, 0.15) is 11.3 Å². The molecule has 86 valence electrons. The lowest BCUT2D eigenvalue weighted by molar-refractivity contribution is 0.294. The standard InChI is InChI=1S/C12H15ClN2O/c1-8(2)15-10-5-3-4-9(13)12(10)14-11(15)6-7-16/h3-5,8,16H,6-7H2,1-2H3. The highest BCUT2D eigenvalue weighted by Gasteiger charge is 2.14. The summed E-state index contributed by atoms with van der Waals surface area (Å²) in [4.78, 5) is 4.49. The second-order valence-electron chi connectivity index (χ2n) is 4.07. The van der Waals surface area contributed by atoms with Crippen LogP contribution >= 0.6 is 11.6 Å². The van der Waals surface area contributed by atoms with E-state index in [4.69, 9.17) is 16.7 Å². The Bertz CT molecular complexity index is 505. The first-order valence-corrected chi connectivity index (χ1v) is 5.79. The van der Waals surface area contributed by atoms with Gasteiger partial charge in [-0.2, -0.15) is 0 Å². The van der Waals surface area contributed by atoms with Crippen LogP contribution in [-0.2, 0) is 6.42 Å². The third-order valence-electron chi connectivity index (χ3n) is 2.60. The molecule has 1 N–H and O–H groups in total.